The van der Waals surface area contributed by atoms with Crippen LogP contribution in [0.1, 0.15) is 18.4 Å². The molecule has 1 aliphatic rings. The molecule has 0 aliphatic carbocycles. The Morgan fingerprint density at radius 3 is 2.54 bits per heavy atom. The van der Waals surface area contributed by atoms with Gasteiger partial charge in [-0.15, -0.1) is 0 Å². The SMILES string of the molecule is COc1cc2ncc(C#N)c(N3CCCN(C(=O)CCNC(=O)OS(N)(=O)=O)CC3)c2cc1OC. The van der Waals surface area contributed by atoms with Gasteiger partial charge in [-0.3, -0.25) is 9.78 Å². The van der Waals surface area contributed by atoms with Crippen molar-refractivity contribution in [3.05, 3.63) is 23.9 Å². The zero-order valence-electron chi connectivity index (χ0n) is 19.3. The Hall–Kier alpha value is -3.83. The summed E-state index contributed by atoms with van der Waals surface area (Å²) >= 11 is 0. The molecule has 188 valence electrons. The van der Waals surface area contributed by atoms with Gasteiger partial charge in [0.2, 0.25) is 5.91 Å². The first kappa shape index (κ1) is 25.8. The maximum absolute atomic E-state index is 12.6. The summed E-state index contributed by atoms with van der Waals surface area (Å²) in [5.41, 5.74) is 1.76. The van der Waals surface area contributed by atoms with Crippen molar-refractivity contribution in [2.75, 3.05) is 51.8 Å². The highest BCUT2D eigenvalue weighted by molar-refractivity contribution is 7.84. The first-order valence-electron chi connectivity index (χ1n) is 10.6. The van der Waals surface area contributed by atoms with E-state index in [1.807, 2.05) is 4.90 Å². The number of nitrogens with one attached hydrogen (secondary N) is 1. The molecule has 14 heteroatoms. The monoisotopic (exact) mass is 506 g/mol. The minimum atomic E-state index is -4.42. The number of pyridine rings is 1. The smallest absolute Gasteiger partial charge is 0.423 e. The van der Waals surface area contributed by atoms with Crippen LogP contribution in [0.15, 0.2) is 18.3 Å². The van der Waals surface area contributed by atoms with E-state index in [0.717, 1.165) is 5.39 Å². The van der Waals surface area contributed by atoms with Gasteiger partial charge in [-0.25, -0.2) is 4.79 Å². The summed E-state index contributed by atoms with van der Waals surface area (Å²) in [6, 6.07) is 5.74. The molecule has 0 unspecified atom stereocenters. The van der Waals surface area contributed by atoms with Gasteiger partial charge in [-0.1, -0.05) is 0 Å². The number of nitrogens with zero attached hydrogens (tertiary/aromatic N) is 4. The fourth-order valence-corrected chi connectivity index (χ4v) is 4.15. The van der Waals surface area contributed by atoms with Gasteiger partial charge >= 0.3 is 16.4 Å². The molecule has 13 nitrogen and oxygen atoms in total. The number of aromatic nitrogens is 1. The topological polar surface area (TPSA) is 177 Å². The molecule has 0 saturated carbocycles. The van der Waals surface area contributed by atoms with Gasteiger partial charge < -0.3 is 28.8 Å². The molecule has 3 rings (SSSR count). The summed E-state index contributed by atoms with van der Waals surface area (Å²) in [6.45, 7) is 1.84. The number of benzene rings is 1. The van der Waals surface area contributed by atoms with Gasteiger partial charge in [0.05, 0.1) is 31.0 Å². The van der Waals surface area contributed by atoms with Crippen LogP contribution in [0.25, 0.3) is 10.9 Å². The van der Waals surface area contributed by atoms with E-state index in [0.29, 0.717) is 60.9 Å². The Bertz CT molecular complexity index is 1260. The second-order valence-corrected chi connectivity index (χ2v) is 8.77. The number of carbonyl (C=O) groups excluding carboxylic acids is 2. The molecular formula is C21H26N6O7S. The van der Waals surface area contributed by atoms with E-state index in [9.17, 15) is 23.3 Å². The van der Waals surface area contributed by atoms with Crippen LogP contribution >= 0.6 is 0 Å². The van der Waals surface area contributed by atoms with Crippen LogP contribution in [0.3, 0.4) is 0 Å². The van der Waals surface area contributed by atoms with Crippen LogP contribution in [-0.2, 0) is 19.3 Å². The van der Waals surface area contributed by atoms with Crippen molar-refractivity contribution in [3.63, 3.8) is 0 Å². The standard InChI is InChI=1S/C21H26N6O7S/c1-32-17-10-15-16(11-18(17)33-2)25-13-14(12-22)20(15)27-7-3-6-26(8-9-27)19(28)4-5-24-21(29)34-35(23,30)31/h10-11,13H,3-9H2,1-2H3,(H,24,29)(H2,23,30,31). The van der Waals surface area contributed by atoms with Crippen molar-refractivity contribution >= 4 is 38.9 Å². The molecule has 2 heterocycles. The Labute approximate surface area is 202 Å². The predicted molar refractivity (Wildman–Crippen MR) is 125 cm³/mol. The van der Waals surface area contributed by atoms with Gasteiger partial charge in [0.1, 0.15) is 6.07 Å². The van der Waals surface area contributed by atoms with Crippen LogP contribution in [0.2, 0.25) is 0 Å². The number of methoxy groups -OCH3 is 2. The fourth-order valence-electron chi connectivity index (χ4n) is 3.88. The third-order valence-electron chi connectivity index (χ3n) is 5.43. The van der Waals surface area contributed by atoms with Crippen LogP contribution in [0.4, 0.5) is 10.5 Å². The van der Waals surface area contributed by atoms with Gasteiger partial charge in [0.15, 0.2) is 11.5 Å². The van der Waals surface area contributed by atoms with Crippen LogP contribution in [0, 0.1) is 11.3 Å². The number of ether oxygens (including phenoxy) is 2. The van der Waals surface area contributed by atoms with E-state index in [1.165, 1.54) is 20.4 Å². The highest BCUT2D eigenvalue weighted by Gasteiger charge is 2.24. The van der Waals surface area contributed by atoms with E-state index in [-0.39, 0.29) is 18.9 Å². The number of carbonyl (C=O) groups is 2. The van der Waals surface area contributed by atoms with E-state index >= 15 is 0 Å². The molecule has 1 saturated heterocycles. The lowest BCUT2D eigenvalue weighted by molar-refractivity contribution is -0.130. The number of fused-ring (bicyclic) bond motifs is 1. The lowest BCUT2D eigenvalue weighted by Gasteiger charge is -2.26. The summed E-state index contributed by atoms with van der Waals surface area (Å²) in [5, 5.41) is 17.3. The fraction of sp³-hybridized carbons (Fsp3) is 0.429. The summed E-state index contributed by atoms with van der Waals surface area (Å²) in [4.78, 5) is 32.1. The highest BCUT2D eigenvalue weighted by Crippen LogP contribution is 2.37. The van der Waals surface area contributed by atoms with Crippen molar-refractivity contribution in [2.45, 2.75) is 12.8 Å². The molecule has 1 aromatic carbocycles. The predicted octanol–water partition coefficient (Wildman–Crippen LogP) is 0.482. The molecule has 1 aromatic heterocycles. The normalized spacial score (nSPS) is 14.1. The second kappa shape index (κ2) is 11.1. The molecule has 0 radical (unpaired) electrons. The minimum absolute atomic E-state index is 0.0433. The number of hydrogen-bond acceptors (Lipinski definition) is 10. The van der Waals surface area contributed by atoms with Crippen LogP contribution in [-0.4, -0.2) is 77.2 Å². The summed E-state index contributed by atoms with van der Waals surface area (Å²) in [6.07, 6.45) is 0.874. The Morgan fingerprint density at radius 2 is 1.89 bits per heavy atom. The summed E-state index contributed by atoms with van der Waals surface area (Å²) in [5.74, 6) is 0.824. The minimum Gasteiger partial charge on any atom is -0.493 e. The molecule has 0 atom stereocenters. The van der Waals surface area contributed by atoms with E-state index in [1.54, 1.807) is 17.0 Å². The largest absolute Gasteiger partial charge is 0.493 e. The summed E-state index contributed by atoms with van der Waals surface area (Å²) in [7, 11) is -1.35. The van der Waals surface area contributed by atoms with Crippen molar-refractivity contribution in [2.24, 2.45) is 5.14 Å². The first-order chi connectivity index (χ1) is 16.7. The van der Waals surface area contributed by atoms with E-state index in [4.69, 9.17) is 9.47 Å². The molecule has 1 aliphatic heterocycles. The molecule has 3 N–H and O–H groups in total. The first-order valence-corrected chi connectivity index (χ1v) is 12.1. The average Bonchev–Trinajstić information content (AvgIpc) is 3.07. The summed E-state index contributed by atoms with van der Waals surface area (Å²) < 4.78 is 36.2. The quantitative estimate of drug-likeness (QED) is 0.537. The van der Waals surface area contributed by atoms with Crippen molar-refractivity contribution < 1.29 is 31.7 Å². The zero-order chi connectivity index (χ0) is 25.6. The van der Waals surface area contributed by atoms with Crippen molar-refractivity contribution in [3.8, 4) is 17.6 Å². The third kappa shape index (κ3) is 6.40. The number of amides is 2. The molecule has 1 fully saturated rings. The molecule has 2 amide bonds. The lowest BCUT2D eigenvalue weighted by atomic mass is 10.1. The number of anilines is 1. The van der Waals surface area contributed by atoms with Crippen molar-refractivity contribution in [1.82, 2.24) is 15.2 Å². The van der Waals surface area contributed by atoms with Gasteiger partial charge in [-0.05, 0) is 12.5 Å². The van der Waals surface area contributed by atoms with Gasteiger partial charge in [-0.2, -0.15) is 18.8 Å². The number of nitriles is 1. The second-order valence-electron chi connectivity index (χ2n) is 7.62. The maximum atomic E-state index is 12.6. The Morgan fingerprint density at radius 1 is 1.17 bits per heavy atom. The zero-order valence-corrected chi connectivity index (χ0v) is 20.1. The van der Waals surface area contributed by atoms with E-state index < -0.39 is 16.4 Å². The molecule has 35 heavy (non-hydrogen) atoms. The van der Waals surface area contributed by atoms with Crippen molar-refractivity contribution in [1.29, 1.82) is 5.26 Å². The molecular weight excluding hydrogens is 480 g/mol. The maximum Gasteiger partial charge on any atom is 0.423 e. The molecule has 0 bridgehead atoms. The van der Waals surface area contributed by atoms with E-state index in [2.05, 4.69) is 25.7 Å². The highest BCUT2D eigenvalue weighted by atomic mass is 32.2. The molecule has 2 aromatic rings. The lowest BCUT2D eigenvalue weighted by Crippen LogP contribution is -2.38. The number of rotatable bonds is 7. The third-order valence-corrected chi connectivity index (χ3v) is 5.81. The Kier molecular flexibility index (Phi) is 8.15. The molecule has 0 spiro atoms. The van der Waals surface area contributed by atoms with Crippen LogP contribution in [0.5, 0.6) is 11.5 Å². The van der Waals surface area contributed by atoms with Crippen LogP contribution < -0.4 is 24.8 Å². The Balaban J connectivity index is 1.73. The van der Waals surface area contributed by atoms with Gasteiger partial charge in [0, 0.05) is 56.8 Å². The average molecular weight is 507 g/mol. The van der Waals surface area contributed by atoms with Gasteiger partial charge in [0.25, 0.3) is 0 Å². The number of hydrogen-bond donors (Lipinski definition) is 2. The number of nitrogens with two attached hydrogens (primary N) is 1.